The first-order valence-electron chi connectivity index (χ1n) is 8.94. The molecule has 1 unspecified atom stereocenters. The van der Waals surface area contributed by atoms with Crippen LogP contribution >= 0.6 is 0 Å². The van der Waals surface area contributed by atoms with Gasteiger partial charge in [0, 0.05) is 5.56 Å². The van der Waals surface area contributed by atoms with Gasteiger partial charge in [0.05, 0.1) is 6.61 Å². The molecule has 27 heavy (non-hydrogen) atoms. The molecule has 142 valence electrons. The van der Waals surface area contributed by atoms with Gasteiger partial charge in [-0.2, -0.15) is 0 Å². The summed E-state index contributed by atoms with van der Waals surface area (Å²) in [5, 5.41) is 8.84. The topological polar surface area (TPSA) is 72.8 Å². The van der Waals surface area contributed by atoms with Gasteiger partial charge >= 0.3 is 5.97 Å². The van der Waals surface area contributed by atoms with Crippen molar-refractivity contribution in [3.8, 4) is 11.5 Å². The molecule has 0 aliphatic heterocycles. The lowest BCUT2D eigenvalue weighted by Crippen LogP contribution is -2.22. The Balaban J connectivity index is 1.93. The number of carbonyl (C=O) groups excluding carboxylic acids is 1. The number of unbranched alkanes of at least 4 members (excludes halogenated alkanes) is 1. The molecule has 5 heteroatoms. The van der Waals surface area contributed by atoms with E-state index in [1.54, 1.807) is 30.3 Å². The summed E-state index contributed by atoms with van der Waals surface area (Å²) in [6.07, 6.45) is 4.42. The van der Waals surface area contributed by atoms with Gasteiger partial charge in [-0.25, -0.2) is 4.79 Å². The fraction of sp³-hybridized carbons (Fsp3) is 0.273. The number of benzene rings is 2. The van der Waals surface area contributed by atoms with E-state index in [0.29, 0.717) is 17.9 Å². The third-order valence-corrected chi connectivity index (χ3v) is 3.87. The molecule has 5 nitrogen and oxygen atoms in total. The van der Waals surface area contributed by atoms with E-state index in [9.17, 15) is 9.59 Å². The number of rotatable bonds is 10. The summed E-state index contributed by atoms with van der Waals surface area (Å²) in [7, 11) is 0. The van der Waals surface area contributed by atoms with Crippen LogP contribution in [0.2, 0.25) is 0 Å². The summed E-state index contributed by atoms with van der Waals surface area (Å²) in [5.41, 5.74) is 1.41. The first kappa shape index (κ1) is 20.2. The lowest BCUT2D eigenvalue weighted by molar-refractivity contribution is -0.144. The van der Waals surface area contributed by atoms with Crippen LogP contribution in [0.15, 0.2) is 54.6 Å². The third-order valence-electron chi connectivity index (χ3n) is 3.87. The molecule has 0 amide bonds. The van der Waals surface area contributed by atoms with E-state index in [2.05, 4.69) is 6.92 Å². The molecule has 0 saturated carbocycles. The predicted molar refractivity (Wildman–Crippen MR) is 104 cm³/mol. The Kier molecular flexibility index (Phi) is 7.62. The summed E-state index contributed by atoms with van der Waals surface area (Å²) in [6.45, 7) is 4.27. The number of allylic oxidation sites excluding steroid dienone is 1. The molecule has 0 heterocycles. The third kappa shape index (κ3) is 6.62. The zero-order chi connectivity index (χ0) is 19.6. The van der Waals surface area contributed by atoms with Gasteiger partial charge in [0.2, 0.25) is 0 Å². The van der Waals surface area contributed by atoms with E-state index in [4.69, 9.17) is 14.6 Å². The Bertz CT molecular complexity index is 775. The number of hydrogen-bond acceptors (Lipinski definition) is 4. The monoisotopic (exact) mass is 368 g/mol. The van der Waals surface area contributed by atoms with E-state index in [-0.39, 0.29) is 5.78 Å². The van der Waals surface area contributed by atoms with Crippen molar-refractivity contribution in [1.82, 2.24) is 0 Å². The van der Waals surface area contributed by atoms with Crippen LogP contribution in [0.5, 0.6) is 11.5 Å². The predicted octanol–water partition coefficient (Wildman–Crippen LogP) is 4.61. The van der Waals surface area contributed by atoms with Crippen molar-refractivity contribution >= 4 is 17.8 Å². The van der Waals surface area contributed by atoms with E-state index in [1.165, 1.54) is 13.0 Å². The number of ketones is 1. The molecular formula is C22H24O5. The minimum Gasteiger partial charge on any atom is -0.494 e. The summed E-state index contributed by atoms with van der Waals surface area (Å²) >= 11 is 0. The lowest BCUT2D eigenvalue weighted by Gasteiger charge is -2.10. The van der Waals surface area contributed by atoms with Crippen LogP contribution < -0.4 is 9.47 Å². The Morgan fingerprint density at radius 3 is 2.26 bits per heavy atom. The second-order valence-electron chi connectivity index (χ2n) is 6.09. The zero-order valence-electron chi connectivity index (χ0n) is 15.6. The lowest BCUT2D eigenvalue weighted by atomic mass is 10.1. The quantitative estimate of drug-likeness (QED) is 0.376. The number of hydrogen-bond donors (Lipinski definition) is 1. The first-order valence-corrected chi connectivity index (χ1v) is 8.94. The highest BCUT2D eigenvalue weighted by molar-refractivity contribution is 6.06. The molecule has 1 N–H and O–H groups in total. The van der Waals surface area contributed by atoms with Crippen LogP contribution in [0, 0.1) is 0 Å². The normalized spacial score (nSPS) is 11.9. The van der Waals surface area contributed by atoms with Gasteiger partial charge in [0.1, 0.15) is 11.5 Å². The molecule has 0 spiro atoms. The molecule has 0 radical (unpaired) electrons. The highest BCUT2D eigenvalue weighted by Crippen LogP contribution is 2.16. The molecule has 2 aromatic carbocycles. The van der Waals surface area contributed by atoms with Crippen molar-refractivity contribution in [2.75, 3.05) is 6.61 Å². The standard InChI is InChI=1S/C22H24O5/c1-3-4-15-26-19-10-5-17(6-11-19)7-14-21(23)18-8-12-20(13-9-18)27-16(2)22(24)25/h5-14,16H,3-4,15H2,1-2H3,(H,24,25)/b14-7+. The van der Waals surface area contributed by atoms with Crippen molar-refractivity contribution in [3.63, 3.8) is 0 Å². The van der Waals surface area contributed by atoms with Gasteiger partial charge in [-0.15, -0.1) is 0 Å². The molecule has 0 aromatic heterocycles. The van der Waals surface area contributed by atoms with Crippen molar-refractivity contribution in [3.05, 3.63) is 65.7 Å². The zero-order valence-corrected chi connectivity index (χ0v) is 15.6. The Morgan fingerprint density at radius 1 is 1.04 bits per heavy atom. The number of carboxylic acids is 1. The fourth-order valence-corrected chi connectivity index (χ4v) is 2.23. The molecule has 0 bridgehead atoms. The van der Waals surface area contributed by atoms with Crippen molar-refractivity contribution in [2.24, 2.45) is 0 Å². The number of carboxylic acid groups (broad SMARTS) is 1. The average Bonchev–Trinajstić information content (AvgIpc) is 2.67. The molecule has 0 fully saturated rings. The van der Waals surface area contributed by atoms with Crippen LogP contribution in [0.4, 0.5) is 0 Å². The molecule has 2 rings (SSSR count). The van der Waals surface area contributed by atoms with Crippen molar-refractivity contribution in [2.45, 2.75) is 32.8 Å². The largest absolute Gasteiger partial charge is 0.494 e. The second kappa shape index (κ2) is 10.2. The SMILES string of the molecule is CCCCOc1ccc(/C=C/C(=O)c2ccc(OC(C)C(=O)O)cc2)cc1. The minimum atomic E-state index is -1.04. The van der Waals surface area contributed by atoms with Gasteiger partial charge in [0.15, 0.2) is 11.9 Å². The summed E-state index contributed by atoms with van der Waals surface area (Å²) in [4.78, 5) is 23.0. The minimum absolute atomic E-state index is 0.142. The van der Waals surface area contributed by atoms with Gasteiger partial charge in [0.25, 0.3) is 0 Å². The smallest absolute Gasteiger partial charge is 0.344 e. The van der Waals surface area contributed by atoms with E-state index in [0.717, 1.165) is 24.2 Å². The van der Waals surface area contributed by atoms with Gasteiger partial charge in [-0.3, -0.25) is 4.79 Å². The van der Waals surface area contributed by atoms with Crippen LogP contribution in [-0.2, 0) is 4.79 Å². The number of ether oxygens (including phenoxy) is 2. The van der Waals surface area contributed by atoms with Crippen LogP contribution in [-0.4, -0.2) is 29.6 Å². The maximum absolute atomic E-state index is 12.3. The molecule has 0 aliphatic carbocycles. The van der Waals surface area contributed by atoms with Crippen LogP contribution in [0.1, 0.15) is 42.6 Å². The Hall–Kier alpha value is -3.08. The highest BCUT2D eigenvalue weighted by Gasteiger charge is 2.12. The molecule has 0 aliphatic rings. The highest BCUT2D eigenvalue weighted by atomic mass is 16.5. The fourth-order valence-electron chi connectivity index (χ4n) is 2.23. The maximum Gasteiger partial charge on any atom is 0.344 e. The molecule has 1 atom stereocenters. The number of carbonyl (C=O) groups is 2. The van der Waals surface area contributed by atoms with E-state index >= 15 is 0 Å². The van der Waals surface area contributed by atoms with E-state index in [1.807, 2.05) is 24.3 Å². The van der Waals surface area contributed by atoms with Gasteiger partial charge in [-0.05, 0) is 61.4 Å². The van der Waals surface area contributed by atoms with Crippen molar-refractivity contribution in [1.29, 1.82) is 0 Å². The maximum atomic E-state index is 12.3. The first-order chi connectivity index (χ1) is 13.0. The van der Waals surface area contributed by atoms with E-state index < -0.39 is 12.1 Å². The van der Waals surface area contributed by atoms with Crippen LogP contribution in [0.3, 0.4) is 0 Å². The summed E-state index contributed by atoms with van der Waals surface area (Å²) in [6, 6.07) is 14.0. The van der Waals surface area contributed by atoms with Crippen molar-refractivity contribution < 1.29 is 24.2 Å². The summed E-state index contributed by atoms with van der Waals surface area (Å²) in [5.74, 6) is 0.0400. The molecule has 0 saturated heterocycles. The van der Waals surface area contributed by atoms with Crippen LogP contribution in [0.25, 0.3) is 6.08 Å². The molecule has 2 aromatic rings. The number of aliphatic carboxylic acids is 1. The second-order valence-corrected chi connectivity index (χ2v) is 6.09. The Morgan fingerprint density at radius 2 is 1.67 bits per heavy atom. The Labute approximate surface area is 159 Å². The summed E-state index contributed by atoms with van der Waals surface area (Å²) < 4.78 is 10.9. The molecular weight excluding hydrogens is 344 g/mol. The van der Waals surface area contributed by atoms with Gasteiger partial charge in [-0.1, -0.05) is 31.6 Å². The van der Waals surface area contributed by atoms with Gasteiger partial charge < -0.3 is 14.6 Å². The average molecular weight is 368 g/mol.